The third-order valence-electron chi connectivity index (χ3n) is 4.03. The number of carbonyl (C=O) groups is 2. The summed E-state index contributed by atoms with van der Waals surface area (Å²) >= 11 is 0. The molecule has 3 amide bonds. The maximum Gasteiger partial charge on any atom is 0.319 e. The second kappa shape index (κ2) is 6.29. The van der Waals surface area contributed by atoms with Crippen LogP contribution in [0.15, 0.2) is 35.5 Å². The normalized spacial score (nSPS) is 20.3. The number of rotatable bonds is 5. The summed E-state index contributed by atoms with van der Waals surface area (Å²) in [4.78, 5) is 26.2. The van der Waals surface area contributed by atoms with E-state index >= 15 is 0 Å². The zero-order chi connectivity index (χ0) is 16.4. The lowest BCUT2D eigenvalue weighted by atomic mass is 9.96. The molecular weight excluding hydrogens is 298 g/mol. The molecule has 0 saturated carbocycles. The van der Waals surface area contributed by atoms with Crippen LogP contribution < -0.4 is 15.4 Å². The molecule has 0 saturated heterocycles. The van der Waals surface area contributed by atoms with Gasteiger partial charge in [-0.05, 0) is 17.7 Å². The van der Waals surface area contributed by atoms with Crippen molar-refractivity contribution < 1.29 is 19.1 Å². The second-order valence-corrected chi connectivity index (χ2v) is 5.42. The third-order valence-corrected chi connectivity index (χ3v) is 4.03. The number of hydrogen-bond donors (Lipinski definition) is 2. The Bertz CT molecular complexity index is 654. The maximum atomic E-state index is 12.7. The molecule has 23 heavy (non-hydrogen) atoms. The fourth-order valence-corrected chi connectivity index (χ4v) is 2.86. The van der Waals surface area contributed by atoms with Crippen LogP contribution in [-0.4, -0.2) is 50.8 Å². The van der Waals surface area contributed by atoms with Gasteiger partial charge in [-0.25, -0.2) is 4.79 Å². The van der Waals surface area contributed by atoms with Gasteiger partial charge in [0.05, 0.1) is 37.6 Å². The van der Waals surface area contributed by atoms with Crippen LogP contribution in [0.5, 0.6) is 5.75 Å². The number of carbonyl (C=O) groups excluding carboxylic acids is 2. The third kappa shape index (κ3) is 2.87. The van der Waals surface area contributed by atoms with Gasteiger partial charge < -0.3 is 25.0 Å². The van der Waals surface area contributed by atoms with E-state index in [0.717, 1.165) is 11.3 Å². The van der Waals surface area contributed by atoms with Gasteiger partial charge in [-0.3, -0.25) is 4.79 Å². The highest BCUT2D eigenvalue weighted by molar-refractivity contribution is 6.01. The molecule has 0 aromatic heterocycles. The number of methoxy groups -OCH3 is 2. The lowest BCUT2D eigenvalue weighted by Gasteiger charge is -2.25. The molecular formula is C16H19N3O4. The molecule has 1 aromatic carbocycles. The predicted octanol–water partition coefficient (Wildman–Crippen LogP) is 0.792. The lowest BCUT2D eigenvalue weighted by molar-refractivity contribution is -0.126. The SMILES string of the molecule is COCCN1CC2=C(C1=O)C(c1ccc(OC)cc1)NC(=O)N2. The van der Waals surface area contributed by atoms with Crippen molar-refractivity contribution in [3.8, 4) is 5.75 Å². The molecule has 0 aliphatic carbocycles. The summed E-state index contributed by atoms with van der Waals surface area (Å²) in [5.41, 5.74) is 2.09. The Morgan fingerprint density at radius 2 is 1.96 bits per heavy atom. The van der Waals surface area contributed by atoms with E-state index in [2.05, 4.69) is 10.6 Å². The number of amides is 3. The lowest BCUT2D eigenvalue weighted by Crippen LogP contribution is -2.44. The molecule has 2 aliphatic heterocycles. The average molecular weight is 317 g/mol. The highest BCUT2D eigenvalue weighted by Gasteiger charge is 2.40. The first-order valence-electron chi connectivity index (χ1n) is 7.36. The summed E-state index contributed by atoms with van der Waals surface area (Å²) in [5.74, 6) is 0.646. The van der Waals surface area contributed by atoms with Crippen molar-refractivity contribution in [3.05, 3.63) is 41.1 Å². The molecule has 2 heterocycles. The van der Waals surface area contributed by atoms with E-state index in [1.165, 1.54) is 0 Å². The van der Waals surface area contributed by atoms with Crippen molar-refractivity contribution in [2.24, 2.45) is 0 Å². The van der Waals surface area contributed by atoms with Gasteiger partial charge in [-0.2, -0.15) is 0 Å². The Morgan fingerprint density at radius 1 is 1.22 bits per heavy atom. The highest BCUT2D eigenvalue weighted by Crippen LogP contribution is 2.32. The van der Waals surface area contributed by atoms with Crippen LogP contribution in [-0.2, 0) is 9.53 Å². The topological polar surface area (TPSA) is 79.9 Å². The van der Waals surface area contributed by atoms with E-state index in [-0.39, 0.29) is 11.9 Å². The van der Waals surface area contributed by atoms with Crippen LogP contribution in [0.3, 0.4) is 0 Å². The molecule has 2 N–H and O–H groups in total. The van der Waals surface area contributed by atoms with Gasteiger partial charge in [-0.1, -0.05) is 12.1 Å². The first kappa shape index (κ1) is 15.4. The van der Waals surface area contributed by atoms with Gasteiger partial charge in [0, 0.05) is 13.7 Å². The minimum atomic E-state index is -0.454. The molecule has 0 bridgehead atoms. The van der Waals surface area contributed by atoms with Crippen molar-refractivity contribution in [2.75, 3.05) is 33.9 Å². The van der Waals surface area contributed by atoms with Crippen molar-refractivity contribution in [2.45, 2.75) is 6.04 Å². The van der Waals surface area contributed by atoms with Crippen molar-refractivity contribution >= 4 is 11.9 Å². The molecule has 0 spiro atoms. The minimum Gasteiger partial charge on any atom is -0.497 e. The van der Waals surface area contributed by atoms with Crippen LogP contribution in [0.4, 0.5) is 4.79 Å². The van der Waals surface area contributed by atoms with E-state index in [9.17, 15) is 9.59 Å². The first-order chi connectivity index (χ1) is 11.1. The Kier molecular flexibility index (Phi) is 4.20. The Hall–Kier alpha value is -2.54. The fraction of sp³-hybridized carbons (Fsp3) is 0.375. The van der Waals surface area contributed by atoms with Gasteiger partial charge >= 0.3 is 6.03 Å². The number of hydrogen-bond acceptors (Lipinski definition) is 4. The number of benzene rings is 1. The van der Waals surface area contributed by atoms with Gasteiger partial charge in [-0.15, -0.1) is 0 Å². The van der Waals surface area contributed by atoms with E-state index in [0.29, 0.717) is 31.0 Å². The summed E-state index contributed by atoms with van der Waals surface area (Å²) in [5, 5.41) is 5.56. The smallest absolute Gasteiger partial charge is 0.319 e. The molecule has 1 unspecified atom stereocenters. The Labute approximate surface area is 134 Å². The Morgan fingerprint density at radius 3 is 2.61 bits per heavy atom. The fourth-order valence-electron chi connectivity index (χ4n) is 2.86. The van der Waals surface area contributed by atoms with Crippen molar-refractivity contribution in [1.29, 1.82) is 0 Å². The van der Waals surface area contributed by atoms with Crippen molar-refractivity contribution in [1.82, 2.24) is 15.5 Å². The van der Waals surface area contributed by atoms with Crippen LogP contribution in [0.2, 0.25) is 0 Å². The summed E-state index contributed by atoms with van der Waals surface area (Å²) in [6.07, 6.45) is 0. The number of urea groups is 1. The maximum absolute atomic E-state index is 12.7. The first-order valence-corrected chi connectivity index (χ1v) is 7.36. The van der Waals surface area contributed by atoms with Crippen LogP contribution >= 0.6 is 0 Å². The molecule has 0 fully saturated rings. The molecule has 1 aromatic rings. The molecule has 7 heteroatoms. The largest absolute Gasteiger partial charge is 0.497 e. The molecule has 3 rings (SSSR count). The zero-order valence-corrected chi connectivity index (χ0v) is 13.1. The van der Waals surface area contributed by atoms with Crippen molar-refractivity contribution in [3.63, 3.8) is 0 Å². The summed E-state index contributed by atoms with van der Waals surface area (Å²) in [6, 6.07) is 6.57. The monoisotopic (exact) mass is 317 g/mol. The van der Waals surface area contributed by atoms with E-state index in [4.69, 9.17) is 9.47 Å². The molecule has 7 nitrogen and oxygen atoms in total. The van der Waals surface area contributed by atoms with Gasteiger partial charge in [0.2, 0.25) is 0 Å². The van der Waals surface area contributed by atoms with Gasteiger partial charge in [0.15, 0.2) is 0 Å². The quantitative estimate of drug-likeness (QED) is 0.841. The van der Waals surface area contributed by atoms with E-state index in [1.54, 1.807) is 19.1 Å². The molecule has 1 atom stereocenters. The van der Waals surface area contributed by atoms with Crippen LogP contribution in [0.1, 0.15) is 11.6 Å². The number of nitrogens with zero attached hydrogens (tertiary/aromatic N) is 1. The summed E-state index contributed by atoms with van der Waals surface area (Å²) in [6.45, 7) is 1.35. The summed E-state index contributed by atoms with van der Waals surface area (Å²) in [7, 11) is 3.19. The zero-order valence-electron chi connectivity index (χ0n) is 13.1. The van der Waals surface area contributed by atoms with Gasteiger partial charge in [0.1, 0.15) is 5.75 Å². The van der Waals surface area contributed by atoms with Gasteiger partial charge in [0.25, 0.3) is 5.91 Å². The average Bonchev–Trinajstić information content (AvgIpc) is 2.88. The standard InChI is InChI=1S/C16H19N3O4/c1-22-8-7-19-9-12-13(15(19)20)14(18-16(21)17-12)10-3-5-11(23-2)6-4-10/h3-6,14H,7-9H2,1-2H3,(H2,17,18,21). The molecule has 2 aliphatic rings. The number of nitrogens with one attached hydrogen (secondary N) is 2. The van der Waals surface area contributed by atoms with Crippen LogP contribution in [0.25, 0.3) is 0 Å². The number of ether oxygens (including phenoxy) is 2. The van der Waals surface area contributed by atoms with E-state index in [1.807, 2.05) is 24.3 Å². The Balaban J connectivity index is 1.89. The summed E-state index contributed by atoms with van der Waals surface area (Å²) < 4.78 is 10.2. The molecule has 122 valence electrons. The second-order valence-electron chi connectivity index (χ2n) is 5.42. The molecule has 0 radical (unpaired) electrons. The van der Waals surface area contributed by atoms with Crippen LogP contribution in [0, 0.1) is 0 Å². The predicted molar refractivity (Wildman–Crippen MR) is 82.9 cm³/mol. The highest BCUT2D eigenvalue weighted by atomic mass is 16.5. The minimum absolute atomic E-state index is 0.0784. The van der Waals surface area contributed by atoms with E-state index < -0.39 is 6.04 Å².